The molecule has 0 aliphatic rings. The molecule has 0 bridgehead atoms. The zero-order chi connectivity index (χ0) is 18.5. The largest absolute Gasteiger partial charge is 0.382 e. The molecule has 6 nitrogen and oxygen atoms in total. The Labute approximate surface area is 154 Å². The number of hydrogen-bond acceptors (Lipinski definition) is 5. The molecule has 2 heterocycles. The topological polar surface area (TPSA) is 92.9 Å². The molecule has 1 aromatic carbocycles. The summed E-state index contributed by atoms with van der Waals surface area (Å²) in [7, 11) is 0. The van der Waals surface area contributed by atoms with Gasteiger partial charge < -0.3 is 16.4 Å². The number of carbonyl (C=O) groups excluding carboxylic acids is 1. The Morgan fingerprint density at radius 1 is 1.19 bits per heavy atom. The highest BCUT2D eigenvalue weighted by Gasteiger charge is 2.10. The minimum absolute atomic E-state index is 0.185. The van der Waals surface area contributed by atoms with Gasteiger partial charge in [0.25, 0.3) is 5.91 Å². The third-order valence-corrected chi connectivity index (χ3v) is 3.80. The van der Waals surface area contributed by atoms with Crippen LogP contribution in [0.2, 0.25) is 5.02 Å². The molecule has 8 heteroatoms. The Kier molecular flexibility index (Phi) is 5.28. The summed E-state index contributed by atoms with van der Waals surface area (Å²) in [5.74, 6) is -0.488. The standard InChI is InChI=1S/C18H15ClFN5O/c19-12-3-6-16(24-10-12)18(26)25-13-4-5-14(20)11(8-13)9-23-15-2-1-7-22-17(15)21/h1-8,10,23H,9H2,(H2,21,22)(H,25,26). The van der Waals surface area contributed by atoms with Crippen molar-refractivity contribution in [3.8, 4) is 0 Å². The van der Waals surface area contributed by atoms with E-state index in [-0.39, 0.29) is 12.2 Å². The van der Waals surface area contributed by atoms with Gasteiger partial charge in [0, 0.05) is 30.2 Å². The van der Waals surface area contributed by atoms with Crippen molar-refractivity contribution >= 4 is 34.7 Å². The molecule has 3 rings (SSSR count). The Bertz CT molecular complexity index is 933. The van der Waals surface area contributed by atoms with E-state index < -0.39 is 11.7 Å². The molecule has 0 unspecified atom stereocenters. The lowest BCUT2D eigenvalue weighted by molar-refractivity contribution is 0.102. The normalized spacial score (nSPS) is 10.4. The number of pyridine rings is 2. The van der Waals surface area contributed by atoms with Crippen LogP contribution in [-0.4, -0.2) is 15.9 Å². The molecule has 1 amide bonds. The second kappa shape index (κ2) is 7.79. The molecule has 3 aromatic rings. The van der Waals surface area contributed by atoms with Gasteiger partial charge in [0.05, 0.1) is 10.7 Å². The van der Waals surface area contributed by atoms with Crippen LogP contribution in [0.4, 0.5) is 21.6 Å². The third kappa shape index (κ3) is 4.25. The van der Waals surface area contributed by atoms with E-state index in [1.807, 2.05) is 0 Å². The number of halogens is 2. The highest BCUT2D eigenvalue weighted by molar-refractivity contribution is 6.30. The third-order valence-electron chi connectivity index (χ3n) is 3.57. The van der Waals surface area contributed by atoms with Crippen molar-refractivity contribution in [3.05, 3.63) is 77.0 Å². The molecule has 0 saturated carbocycles. The number of nitrogens with zero attached hydrogens (tertiary/aromatic N) is 2. The van der Waals surface area contributed by atoms with Crippen molar-refractivity contribution in [2.75, 3.05) is 16.4 Å². The molecule has 0 aliphatic carbocycles. The smallest absolute Gasteiger partial charge is 0.274 e. The minimum atomic E-state index is -0.413. The maximum Gasteiger partial charge on any atom is 0.274 e. The summed E-state index contributed by atoms with van der Waals surface area (Å²) in [5.41, 5.74) is 7.38. The maximum absolute atomic E-state index is 14.1. The number of anilines is 3. The Balaban J connectivity index is 1.72. The first-order valence-electron chi connectivity index (χ1n) is 7.68. The number of rotatable bonds is 5. The molecule has 2 aromatic heterocycles. The Morgan fingerprint density at radius 2 is 2.04 bits per heavy atom. The first-order valence-corrected chi connectivity index (χ1v) is 8.06. The minimum Gasteiger partial charge on any atom is -0.382 e. The van der Waals surface area contributed by atoms with Gasteiger partial charge in [-0.25, -0.2) is 14.4 Å². The van der Waals surface area contributed by atoms with E-state index in [0.29, 0.717) is 27.8 Å². The molecule has 0 spiro atoms. The number of aromatic nitrogens is 2. The summed E-state index contributed by atoms with van der Waals surface area (Å²) in [6, 6.07) is 10.9. The second-order valence-electron chi connectivity index (χ2n) is 5.41. The van der Waals surface area contributed by atoms with Gasteiger partial charge in [-0.3, -0.25) is 4.79 Å². The van der Waals surface area contributed by atoms with Gasteiger partial charge in [0.15, 0.2) is 0 Å². The number of benzene rings is 1. The van der Waals surface area contributed by atoms with Crippen molar-refractivity contribution in [1.82, 2.24) is 9.97 Å². The first kappa shape index (κ1) is 17.6. The van der Waals surface area contributed by atoms with Gasteiger partial charge in [-0.1, -0.05) is 11.6 Å². The highest BCUT2D eigenvalue weighted by Crippen LogP contribution is 2.19. The quantitative estimate of drug-likeness (QED) is 0.635. The number of nitrogens with one attached hydrogen (secondary N) is 2. The van der Waals surface area contributed by atoms with Gasteiger partial charge in [-0.05, 0) is 42.5 Å². The number of amides is 1. The summed E-state index contributed by atoms with van der Waals surface area (Å²) >= 11 is 5.75. The van der Waals surface area contributed by atoms with Crippen LogP contribution in [0.15, 0.2) is 54.9 Å². The van der Waals surface area contributed by atoms with E-state index in [1.54, 1.807) is 30.5 Å². The zero-order valence-electron chi connectivity index (χ0n) is 13.5. The molecule has 26 heavy (non-hydrogen) atoms. The van der Waals surface area contributed by atoms with E-state index in [4.69, 9.17) is 17.3 Å². The summed E-state index contributed by atoms with van der Waals surface area (Å²) < 4.78 is 14.1. The van der Waals surface area contributed by atoms with E-state index >= 15 is 0 Å². The van der Waals surface area contributed by atoms with E-state index in [9.17, 15) is 9.18 Å². The van der Waals surface area contributed by atoms with Crippen LogP contribution in [0.3, 0.4) is 0 Å². The van der Waals surface area contributed by atoms with Crippen molar-refractivity contribution in [2.45, 2.75) is 6.54 Å². The molecule has 0 radical (unpaired) electrons. The van der Waals surface area contributed by atoms with E-state index in [0.717, 1.165) is 0 Å². The molecule has 0 atom stereocenters. The molecule has 132 valence electrons. The molecule has 4 N–H and O–H groups in total. The van der Waals surface area contributed by atoms with Crippen LogP contribution in [-0.2, 0) is 6.54 Å². The second-order valence-corrected chi connectivity index (χ2v) is 5.85. The van der Waals surface area contributed by atoms with Crippen molar-refractivity contribution in [1.29, 1.82) is 0 Å². The van der Waals surface area contributed by atoms with E-state index in [2.05, 4.69) is 20.6 Å². The van der Waals surface area contributed by atoms with Crippen LogP contribution >= 0.6 is 11.6 Å². The van der Waals surface area contributed by atoms with Gasteiger partial charge in [0.2, 0.25) is 0 Å². The fourth-order valence-corrected chi connectivity index (χ4v) is 2.36. The number of nitrogens with two attached hydrogens (primary N) is 1. The van der Waals surface area contributed by atoms with Crippen molar-refractivity contribution in [2.24, 2.45) is 0 Å². The molecular formula is C18H15ClFN5O. The molecular weight excluding hydrogens is 357 g/mol. The fourth-order valence-electron chi connectivity index (χ4n) is 2.25. The first-order chi connectivity index (χ1) is 12.5. The fraction of sp³-hybridized carbons (Fsp3) is 0.0556. The molecule has 0 aliphatic heterocycles. The highest BCUT2D eigenvalue weighted by atomic mass is 35.5. The van der Waals surface area contributed by atoms with Gasteiger partial charge in [0.1, 0.15) is 17.3 Å². The Hall–Kier alpha value is -3.19. The van der Waals surface area contributed by atoms with E-state index in [1.165, 1.54) is 24.4 Å². The average molecular weight is 372 g/mol. The van der Waals surface area contributed by atoms with Gasteiger partial charge in [-0.15, -0.1) is 0 Å². The van der Waals surface area contributed by atoms with Gasteiger partial charge in [-0.2, -0.15) is 0 Å². The van der Waals surface area contributed by atoms with Crippen LogP contribution in [0.1, 0.15) is 16.1 Å². The van der Waals surface area contributed by atoms with Crippen LogP contribution < -0.4 is 16.4 Å². The van der Waals surface area contributed by atoms with Crippen LogP contribution in [0, 0.1) is 5.82 Å². The SMILES string of the molecule is Nc1ncccc1NCc1cc(NC(=O)c2ccc(Cl)cn2)ccc1F. The Morgan fingerprint density at radius 3 is 2.77 bits per heavy atom. The molecule has 0 saturated heterocycles. The van der Waals surface area contributed by atoms with Gasteiger partial charge >= 0.3 is 0 Å². The predicted molar refractivity (Wildman–Crippen MR) is 99.6 cm³/mol. The summed E-state index contributed by atoms with van der Waals surface area (Å²) in [6.45, 7) is 0.185. The summed E-state index contributed by atoms with van der Waals surface area (Å²) in [6.07, 6.45) is 2.96. The van der Waals surface area contributed by atoms with Crippen molar-refractivity contribution in [3.63, 3.8) is 0 Å². The monoisotopic (exact) mass is 371 g/mol. The van der Waals surface area contributed by atoms with Crippen LogP contribution in [0.25, 0.3) is 0 Å². The molecule has 0 fully saturated rings. The lowest BCUT2D eigenvalue weighted by atomic mass is 10.1. The summed E-state index contributed by atoms with van der Waals surface area (Å²) in [5, 5.41) is 6.14. The number of nitrogen functional groups attached to an aromatic ring is 1. The predicted octanol–water partition coefficient (Wildman–Crippen LogP) is 3.72. The van der Waals surface area contributed by atoms with Crippen LogP contribution in [0.5, 0.6) is 0 Å². The average Bonchev–Trinajstić information content (AvgIpc) is 2.64. The summed E-state index contributed by atoms with van der Waals surface area (Å²) in [4.78, 5) is 20.1. The van der Waals surface area contributed by atoms with Crippen molar-refractivity contribution < 1.29 is 9.18 Å². The number of hydrogen-bond donors (Lipinski definition) is 3. The lowest BCUT2D eigenvalue weighted by Crippen LogP contribution is -2.14. The lowest BCUT2D eigenvalue weighted by Gasteiger charge is -2.11. The number of carbonyl (C=O) groups is 1. The zero-order valence-corrected chi connectivity index (χ0v) is 14.3. The maximum atomic E-state index is 14.1.